The summed E-state index contributed by atoms with van der Waals surface area (Å²) in [6.45, 7) is 9.90. The Balaban J connectivity index is 2.23. The molecule has 0 heterocycles. The maximum Gasteiger partial charge on any atom is 0.331 e. The third-order valence-corrected chi connectivity index (χ3v) is 5.06. The van der Waals surface area contributed by atoms with Crippen LogP contribution in [0, 0.1) is 17.3 Å². The molecule has 0 radical (unpaired) electrons. The van der Waals surface area contributed by atoms with Crippen LogP contribution in [0.4, 0.5) is 0 Å². The van der Waals surface area contributed by atoms with Crippen molar-refractivity contribution in [2.24, 2.45) is 17.3 Å². The van der Waals surface area contributed by atoms with E-state index in [9.17, 15) is 9.90 Å². The number of rotatable bonds is 2. The molecule has 2 rings (SSSR count). The lowest BCUT2D eigenvalue weighted by molar-refractivity contribution is -0.134. The number of aliphatic carboxylic acids is 1. The molecule has 2 fully saturated rings. The summed E-state index contributed by atoms with van der Waals surface area (Å²) in [5.74, 6) is -0.834. The molecule has 3 heteroatoms. The third-order valence-electron chi connectivity index (χ3n) is 5.06. The summed E-state index contributed by atoms with van der Waals surface area (Å²) in [6, 6.07) is 0. The Bertz CT molecular complexity index is 399. The van der Waals surface area contributed by atoms with E-state index in [4.69, 9.17) is 5.11 Å². The predicted octanol–water partition coefficient (Wildman–Crippen LogP) is 2.76. The largest absolute Gasteiger partial charge is 0.478 e. The van der Waals surface area contributed by atoms with Gasteiger partial charge in [0.2, 0.25) is 0 Å². The molecule has 0 aliphatic heterocycles. The molecule has 0 spiro atoms. The molecule has 0 saturated heterocycles. The van der Waals surface area contributed by atoms with Crippen molar-refractivity contribution >= 4 is 5.97 Å². The lowest BCUT2D eigenvalue weighted by atomic mass is 9.55. The molecule has 18 heavy (non-hydrogen) atoms. The molecule has 2 saturated carbocycles. The van der Waals surface area contributed by atoms with E-state index in [0.29, 0.717) is 6.42 Å². The Labute approximate surface area is 108 Å². The maximum absolute atomic E-state index is 11.0. The molecular formula is C15H22O3. The summed E-state index contributed by atoms with van der Waals surface area (Å²) >= 11 is 0. The van der Waals surface area contributed by atoms with Gasteiger partial charge in [0.15, 0.2) is 0 Å². The molecule has 2 N–H and O–H groups in total. The fourth-order valence-electron chi connectivity index (χ4n) is 3.72. The van der Waals surface area contributed by atoms with Crippen molar-refractivity contribution in [3.8, 4) is 0 Å². The number of hydrogen-bond acceptors (Lipinski definition) is 2. The van der Waals surface area contributed by atoms with Gasteiger partial charge in [-0.25, -0.2) is 4.79 Å². The fraction of sp³-hybridized carbons (Fsp3) is 0.667. The standard InChI is InChI=1S/C15H22O3/c1-9-5-4-6-15(3)12(9)7-11(8-13(15)16)10(2)14(17)18/h11-13,16H,1-2,4-8H2,3H3,(H,17,18)/t11-,12-,13-,15-/m0/s1. The van der Waals surface area contributed by atoms with Crippen molar-refractivity contribution in [1.82, 2.24) is 0 Å². The monoisotopic (exact) mass is 250 g/mol. The SMILES string of the molecule is C=C(C(=O)O)[C@@H]1C[C@H](O)[C@@]2(C)CCCC(=C)[C@@H]2C1. The average molecular weight is 250 g/mol. The highest BCUT2D eigenvalue weighted by atomic mass is 16.4. The normalized spacial score (nSPS) is 40.1. The first-order valence-corrected chi connectivity index (χ1v) is 6.64. The predicted molar refractivity (Wildman–Crippen MR) is 70.1 cm³/mol. The first-order chi connectivity index (χ1) is 8.36. The summed E-state index contributed by atoms with van der Waals surface area (Å²) in [5, 5.41) is 19.5. The zero-order chi connectivity index (χ0) is 13.5. The molecule has 0 aromatic rings. The maximum atomic E-state index is 11.0. The highest BCUT2D eigenvalue weighted by Gasteiger charge is 2.49. The van der Waals surface area contributed by atoms with E-state index in [1.807, 2.05) is 0 Å². The molecule has 0 bridgehead atoms. The zero-order valence-electron chi connectivity index (χ0n) is 11.0. The molecular weight excluding hydrogens is 228 g/mol. The van der Waals surface area contributed by atoms with Gasteiger partial charge in [0, 0.05) is 11.0 Å². The van der Waals surface area contributed by atoms with E-state index < -0.39 is 12.1 Å². The zero-order valence-corrected chi connectivity index (χ0v) is 11.0. The van der Waals surface area contributed by atoms with Gasteiger partial charge in [-0.2, -0.15) is 0 Å². The molecule has 100 valence electrons. The minimum absolute atomic E-state index is 0.120. The van der Waals surface area contributed by atoms with Crippen LogP contribution in [0.15, 0.2) is 24.3 Å². The van der Waals surface area contributed by atoms with Gasteiger partial charge in [-0.05, 0) is 43.9 Å². The summed E-state index contributed by atoms with van der Waals surface area (Å²) in [5.41, 5.74) is 1.28. The van der Waals surface area contributed by atoms with Crippen LogP contribution >= 0.6 is 0 Å². The van der Waals surface area contributed by atoms with Gasteiger partial charge in [-0.15, -0.1) is 0 Å². The van der Waals surface area contributed by atoms with E-state index in [2.05, 4.69) is 20.1 Å². The number of aliphatic hydroxyl groups is 1. The first kappa shape index (κ1) is 13.3. The van der Waals surface area contributed by atoms with Crippen LogP contribution in [0.5, 0.6) is 0 Å². The van der Waals surface area contributed by atoms with Gasteiger partial charge in [-0.3, -0.25) is 0 Å². The molecule has 0 aromatic heterocycles. The van der Waals surface area contributed by atoms with Crippen molar-refractivity contribution < 1.29 is 15.0 Å². The highest BCUT2D eigenvalue weighted by Crippen LogP contribution is 2.54. The lowest BCUT2D eigenvalue weighted by Gasteiger charge is -2.51. The summed E-state index contributed by atoms with van der Waals surface area (Å²) < 4.78 is 0. The van der Waals surface area contributed by atoms with Crippen molar-refractivity contribution in [2.75, 3.05) is 0 Å². The molecule has 0 aromatic carbocycles. The Kier molecular flexibility index (Phi) is 3.37. The lowest BCUT2D eigenvalue weighted by Crippen LogP contribution is -2.48. The van der Waals surface area contributed by atoms with Crippen LogP contribution in [0.2, 0.25) is 0 Å². The van der Waals surface area contributed by atoms with Crippen molar-refractivity contribution in [3.05, 3.63) is 24.3 Å². The van der Waals surface area contributed by atoms with Gasteiger partial charge in [-0.1, -0.05) is 25.7 Å². The second-order valence-electron chi connectivity index (χ2n) is 6.08. The van der Waals surface area contributed by atoms with E-state index in [-0.39, 0.29) is 22.8 Å². The van der Waals surface area contributed by atoms with Gasteiger partial charge in [0.1, 0.15) is 0 Å². The second-order valence-corrected chi connectivity index (χ2v) is 6.08. The summed E-state index contributed by atoms with van der Waals surface area (Å²) in [6.07, 6.45) is 3.93. The summed E-state index contributed by atoms with van der Waals surface area (Å²) in [7, 11) is 0. The number of hydrogen-bond donors (Lipinski definition) is 2. The molecule has 0 amide bonds. The van der Waals surface area contributed by atoms with E-state index in [1.165, 1.54) is 5.57 Å². The highest BCUT2D eigenvalue weighted by molar-refractivity contribution is 5.86. The van der Waals surface area contributed by atoms with Crippen molar-refractivity contribution in [1.29, 1.82) is 0 Å². The Hall–Kier alpha value is -1.09. The molecule has 2 aliphatic rings. The van der Waals surface area contributed by atoms with Gasteiger partial charge in [0.25, 0.3) is 0 Å². The van der Waals surface area contributed by atoms with Gasteiger partial charge < -0.3 is 10.2 Å². The van der Waals surface area contributed by atoms with E-state index in [1.54, 1.807) is 0 Å². The van der Waals surface area contributed by atoms with Crippen LogP contribution in [-0.2, 0) is 4.79 Å². The first-order valence-electron chi connectivity index (χ1n) is 6.64. The van der Waals surface area contributed by atoms with Crippen molar-refractivity contribution in [2.45, 2.75) is 45.1 Å². The fourth-order valence-corrected chi connectivity index (χ4v) is 3.72. The molecule has 3 nitrogen and oxygen atoms in total. The minimum atomic E-state index is -0.947. The summed E-state index contributed by atoms with van der Waals surface area (Å²) in [4.78, 5) is 11.0. The molecule has 4 atom stereocenters. The van der Waals surface area contributed by atoms with Crippen LogP contribution in [-0.4, -0.2) is 22.3 Å². The number of aliphatic hydroxyl groups excluding tert-OH is 1. The second kappa shape index (κ2) is 4.54. The Morgan fingerprint density at radius 2 is 2.11 bits per heavy atom. The number of carbonyl (C=O) groups is 1. The number of fused-ring (bicyclic) bond motifs is 1. The number of allylic oxidation sites excluding steroid dienone is 1. The van der Waals surface area contributed by atoms with Crippen molar-refractivity contribution in [3.63, 3.8) is 0 Å². The Morgan fingerprint density at radius 1 is 1.44 bits per heavy atom. The average Bonchev–Trinajstić information content (AvgIpc) is 2.30. The van der Waals surface area contributed by atoms with Crippen LogP contribution < -0.4 is 0 Å². The van der Waals surface area contributed by atoms with Gasteiger partial charge in [0.05, 0.1) is 6.10 Å². The minimum Gasteiger partial charge on any atom is -0.478 e. The molecule has 0 unspecified atom stereocenters. The van der Waals surface area contributed by atoms with Crippen LogP contribution in [0.3, 0.4) is 0 Å². The Morgan fingerprint density at radius 3 is 2.72 bits per heavy atom. The van der Waals surface area contributed by atoms with Gasteiger partial charge >= 0.3 is 5.97 Å². The quantitative estimate of drug-likeness (QED) is 0.585. The van der Waals surface area contributed by atoms with Crippen LogP contribution in [0.1, 0.15) is 39.0 Å². The number of carboxylic acid groups (broad SMARTS) is 1. The molecule has 2 aliphatic carbocycles. The van der Waals surface area contributed by atoms with E-state index >= 15 is 0 Å². The topological polar surface area (TPSA) is 57.5 Å². The number of carboxylic acids is 1. The van der Waals surface area contributed by atoms with E-state index in [0.717, 1.165) is 25.7 Å². The smallest absolute Gasteiger partial charge is 0.331 e. The third kappa shape index (κ3) is 2.01. The van der Waals surface area contributed by atoms with Crippen LogP contribution in [0.25, 0.3) is 0 Å².